The van der Waals surface area contributed by atoms with Crippen molar-refractivity contribution >= 4 is 10.8 Å². The summed E-state index contributed by atoms with van der Waals surface area (Å²) in [6.07, 6.45) is 0. The van der Waals surface area contributed by atoms with Crippen LogP contribution in [0.15, 0.2) is 59.4 Å². The first-order chi connectivity index (χ1) is 10.1. The van der Waals surface area contributed by atoms with Gasteiger partial charge in [0.1, 0.15) is 5.82 Å². The Morgan fingerprint density at radius 2 is 1.81 bits per heavy atom. The molecule has 0 aliphatic heterocycles. The molecule has 2 aromatic carbocycles. The van der Waals surface area contributed by atoms with Crippen molar-refractivity contribution in [2.24, 2.45) is 5.73 Å². The average Bonchev–Trinajstić information content (AvgIpc) is 2.48. The molecule has 0 spiro atoms. The van der Waals surface area contributed by atoms with Crippen LogP contribution in [0.25, 0.3) is 16.5 Å². The summed E-state index contributed by atoms with van der Waals surface area (Å²) in [7, 11) is 0. The fourth-order valence-electron chi connectivity index (χ4n) is 2.48. The Labute approximate surface area is 121 Å². The lowest BCUT2D eigenvalue weighted by Crippen LogP contribution is -2.25. The highest BCUT2D eigenvalue weighted by Crippen LogP contribution is 2.20. The number of fused-ring (bicyclic) bond motifs is 1. The molecule has 0 saturated carbocycles. The van der Waals surface area contributed by atoms with Gasteiger partial charge in [-0.2, -0.15) is 0 Å². The average molecular weight is 282 g/mol. The topological polar surface area (TPSA) is 48.0 Å². The summed E-state index contributed by atoms with van der Waals surface area (Å²) in [6.45, 7) is 1.82. The Morgan fingerprint density at radius 3 is 2.48 bits per heavy atom. The van der Waals surface area contributed by atoms with Crippen LogP contribution < -0.4 is 11.3 Å². The summed E-state index contributed by atoms with van der Waals surface area (Å²) in [5.74, 6) is -0.423. The highest BCUT2D eigenvalue weighted by molar-refractivity contribution is 5.82. The molecule has 1 atom stereocenters. The molecule has 3 rings (SSSR count). The lowest BCUT2D eigenvalue weighted by molar-refractivity contribution is 0.629. The van der Waals surface area contributed by atoms with Gasteiger partial charge < -0.3 is 5.73 Å². The van der Waals surface area contributed by atoms with E-state index in [1.165, 1.54) is 12.1 Å². The Bertz CT molecular complexity index is 854. The van der Waals surface area contributed by atoms with Crippen LogP contribution in [0.1, 0.15) is 18.7 Å². The maximum atomic E-state index is 13.4. The number of nitrogens with zero attached hydrogens (tertiary/aromatic N) is 1. The van der Waals surface area contributed by atoms with Crippen molar-refractivity contribution in [2.45, 2.75) is 13.0 Å². The number of aromatic nitrogens is 1. The first-order valence-electron chi connectivity index (χ1n) is 6.74. The molecule has 0 bridgehead atoms. The van der Waals surface area contributed by atoms with E-state index >= 15 is 0 Å². The van der Waals surface area contributed by atoms with Crippen molar-refractivity contribution < 1.29 is 4.39 Å². The Morgan fingerprint density at radius 1 is 1.10 bits per heavy atom. The second-order valence-corrected chi connectivity index (χ2v) is 5.07. The van der Waals surface area contributed by atoms with Crippen LogP contribution in [-0.2, 0) is 0 Å². The zero-order chi connectivity index (χ0) is 15.0. The van der Waals surface area contributed by atoms with Gasteiger partial charge in [0, 0.05) is 17.4 Å². The molecule has 1 heterocycles. The first kappa shape index (κ1) is 13.5. The van der Waals surface area contributed by atoms with Gasteiger partial charge in [-0.15, -0.1) is 0 Å². The number of pyridine rings is 1. The molecule has 1 aromatic heterocycles. The predicted octanol–water partition coefficient (Wildman–Crippen LogP) is 3.15. The largest absolute Gasteiger partial charge is 0.323 e. The fraction of sp³-hybridized carbons (Fsp3) is 0.118. The van der Waals surface area contributed by atoms with Gasteiger partial charge in [-0.1, -0.05) is 24.3 Å². The smallest absolute Gasteiger partial charge is 0.263 e. The zero-order valence-corrected chi connectivity index (χ0v) is 11.6. The highest BCUT2D eigenvalue weighted by atomic mass is 19.1. The van der Waals surface area contributed by atoms with E-state index in [4.69, 9.17) is 5.73 Å². The molecule has 0 saturated heterocycles. The Balaban J connectivity index is 2.43. The van der Waals surface area contributed by atoms with E-state index in [2.05, 4.69) is 0 Å². The van der Waals surface area contributed by atoms with E-state index in [1.54, 1.807) is 10.6 Å². The van der Waals surface area contributed by atoms with Crippen molar-refractivity contribution in [3.63, 3.8) is 0 Å². The van der Waals surface area contributed by atoms with Gasteiger partial charge in [-0.3, -0.25) is 9.36 Å². The van der Waals surface area contributed by atoms with Crippen LogP contribution >= 0.6 is 0 Å². The van der Waals surface area contributed by atoms with Gasteiger partial charge in [-0.05, 0) is 42.6 Å². The molecule has 0 aliphatic carbocycles. The van der Waals surface area contributed by atoms with E-state index in [-0.39, 0.29) is 11.6 Å². The van der Waals surface area contributed by atoms with Crippen molar-refractivity contribution in [2.75, 3.05) is 0 Å². The highest BCUT2D eigenvalue weighted by Gasteiger charge is 2.14. The van der Waals surface area contributed by atoms with E-state index in [0.29, 0.717) is 16.5 Å². The summed E-state index contributed by atoms with van der Waals surface area (Å²) in [5.41, 5.74) is 7.17. The maximum absolute atomic E-state index is 13.4. The van der Waals surface area contributed by atoms with Crippen molar-refractivity contribution in [3.05, 3.63) is 76.5 Å². The number of halogens is 1. The molecule has 0 unspecified atom stereocenters. The van der Waals surface area contributed by atoms with E-state index < -0.39 is 5.82 Å². The quantitative estimate of drug-likeness (QED) is 0.785. The van der Waals surface area contributed by atoms with Crippen LogP contribution in [0.3, 0.4) is 0 Å². The molecule has 2 N–H and O–H groups in total. The van der Waals surface area contributed by atoms with Gasteiger partial charge in [0.25, 0.3) is 5.56 Å². The molecule has 0 fully saturated rings. The number of hydrogen-bond donors (Lipinski definition) is 1. The summed E-state index contributed by atoms with van der Waals surface area (Å²) in [6, 6.07) is 15.0. The summed E-state index contributed by atoms with van der Waals surface area (Å²) in [4.78, 5) is 12.7. The predicted molar refractivity (Wildman–Crippen MR) is 82.1 cm³/mol. The molecule has 0 aliphatic rings. The number of nitrogens with two attached hydrogens (primary N) is 1. The molecule has 3 aromatic rings. The summed E-state index contributed by atoms with van der Waals surface area (Å²) < 4.78 is 15.0. The fourth-order valence-corrected chi connectivity index (χ4v) is 2.48. The monoisotopic (exact) mass is 282 g/mol. The van der Waals surface area contributed by atoms with Crippen LogP contribution in [-0.4, -0.2) is 4.57 Å². The second-order valence-electron chi connectivity index (χ2n) is 5.07. The second kappa shape index (κ2) is 5.14. The molecule has 21 heavy (non-hydrogen) atoms. The first-order valence-corrected chi connectivity index (χ1v) is 6.74. The van der Waals surface area contributed by atoms with Crippen molar-refractivity contribution in [3.8, 4) is 5.69 Å². The standard InChI is InChI=1S/C17H15FN2O/c1-11(19)16-9-12-7-8-13(18)10-15(12)17(21)20(16)14-5-3-2-4-6-14/h2-11H,19H2,1H3/t11-/m0/s1. The SMILES string of the molecule is C[C@H](N)c1cc2ccc(F)cc2c(=O)n1-c1ccccc1. The molecule has 106 valence electrons. The van der Waals surface area contributed by atoms with Gasteiger partial charge in [-0.25, -0.2) is 4.39 Å². The normalized spacial score (nSPS) is 12.5. The van der Waals surface area contributed by atoms with Crippen LogP contribution in [0.4, 0.5) is 4.39 Å². The third-order valence-corrected chi connectivity index (χ3v) is 3.49. The Hall–Kier alpha value is -2.46. The maximum Gasteiger partial charge on any atom is 0.263 e. The minimum Gasteiger partial charge on any atom is -0.323 e. The zero-order valence-electron chi connectivity index (χ0n) is 11.6. The molecular formula is C17H15FN2O. The van der Waals surface area contributed by atoms with Crippen LogP contribution in [0.2, 0.25) is 0 Å². The molecule has 0 amide bonds. The number of hydrogen-bond acceptors (Lipinski definition) is 2. The molecule has 4 heteroatoms. The number of rotatable bonds is 2. The molecule has 0 radical (unpaired) electrons. The lowest BCUT2D eigenvalue weighted by atomic mass is 10.1. The minimum atomic E-state index is -0.423. The van der Waals surface area contributed by atoms with Gasteiger partial charge in [0.15, 0.2) is 0 Å². The minimum absolute atomic E-state index is 0.259. The summed E-state index contributed by atoms with van der Waals surface area (Å²) >= 11 is 0. The van der Waals surface area contributed by atoms with Crippen molar-refractivity contribution in [1.29, 1.82) is 0 Å². The van der Waals surface area contributed by atoms with Crippen molar-refractivity contribution in [1.82, 2.24) is 4.57 Å². The van der Waals surface area contributed by atoms with E-state index in [1.807, 2.05) is 43.3 Å². The summed E-state index contributed by atoms with van der Waals surface area (Å²) in [5, 5.41) is 1.05. The third kappa shape index (κ3) is 2.34. The Kier molecular flexibility index (Phi) is 3.31. The van der Waals surface area contributed by atoms with Gasteiger partial charge >= 0.3 is 0 Å². The number of benzene rings is 2. The van der Waals surface area contributed by atoms with Gasteiger partial charge in [0.2, 0.25) is 0 Å². The van der Waals surface area contributed by atoms with E-state index in [0.717, 1.165) is 5.69 Å². The lowest BCUT2D eigenvalue weighted by Gasteiger charge is -2.17. The van der Waals surface area contributed by atoms with Crippen LogP contribution in [0.5, 0.6) is 0 Å². The number of para-hydroxylation sites is 1. The van der Waals surface area contributed by atoms with Gasteiger partial charge in [0.05, 0.1) is 5.39 Å². The third-order valence-electron chi connectivity index (χ3n) is 3.49. The molecule has 3 nitrogen and oxygen atoms in total. The van der Waals surface area contributed by atoms with E-state index in [9.17, 15) is 9.18 Å². The molecular weight excluding hydrogens is 267 g/mol. The van der Waals surface area contributed by atoms with Crippen LogP contribution in [0, 0.1) is 5.82 Å².